The monoisotopic (exact) mass is 252 g/mol. The van der Waals surface area contributed by atoms with Crippen molar-refractivity contribution in [2.24, 2.45) is 0 Å². The van der Waals surface area contributed by atoms with E-state index in [1.54, 1.807) is 0 Å². The highest BCUT2D eigenvalue weighted by Gasteiger charge is 2.18. The maximum Gasteiger partial charge on any atom is 0.326 e. The third-order valence-electron chi connectivity index (χ3n) is 2.77. The summed E-state index contributed by atoms with van der Waals surface area (Å²) in [6.07, 6.45) is 2.74. The van der Waals surface area contributed by atoms with Crippen LogP contribution >= 0.6 is 0 Å². The lowest BCUT2D eigenvalue weighted by Gasteiger charge is -2.22. The van der Waals surface area contributed by atoms with Gasteiger partial charge in [0.2, 0.25) is 0 Å². The number of esters is 1. The minimum Gasteiger partial charge on any atom is -0.461 e. The van der Waals surface area contributed by atoms with Crippen molar-refractivity contribution in [1.82, 2.24) is 4.57 Å². The van der Waals surface area contributed by atoms with Crippen LogP contribution < -0.4 is 11.3 Å². The fourth-order valence-electron chi connectivity index (χ4n) is 1.83. The first kappa shape index (κ1) is 12.6. The molecule has 0 radical (unpaired) electrons. The third kappa shape index (κ3) is 3.33. The van der Waals surface area contributed by atoms with Gasteiger partial charge in [-0.3, -0.25) is 9.59 Å². The summed E-state index contributed by atoms with van der Waals surface area (Å²) in [5, 5.41) is 0. The maximum absolute atomic E-state index is 11.7. The van der Waals surface area contributed by atoms with Gasteiger partial charge in [0, 0.05) is 30.8 Å². The van der Waals surface area contributed by atoms with Crippen molar-refractivity contribution < 1.29 is 14.3 Å². The van der Waals surface area contributed by atoms with E-state index in [0.717, 1.165) is 0 Å². The number of nitrogen functional groups attached to an aromatic ring is 1. The molecule has 18 heavy (non-hydrogen) atoms. The molecule has 1 aliphatic rings. The van der Waals surface area contributed by atoms with E-state index >= 15 is 0 Å². The van der Waals surface area contributed by atoms with E-state index in [1.165, 1.54) is 22.9 Å². The molecule has 6 nitrogen and oxygen atoms in total. The van der Waals surface area contributed by atoms with E-state index < -0.39 is 5.97 Å². The summed E-state index contributed by atoms with van der Waals surface area (Å²) in [5.41, 5.74) is 5.73. The van der Waals surface area contributed by atoms with Crippen molar-refractivity contribution in [3.63, 3.8) is 0 Å². The molecule has 0 aromatic carbocycles. The van der Waals surface area contributed by atoms with Gasteiger partial charge in [0.15, 0.2) is 0 Å². The van der Waals surface area contributed by atoms with E-state index in [-0.39, 0.29) is 18.2 Å². The van der Waals surface area contributed by atoms with Gasteiger partial charge in [0.05, 0.1) is 13.2 Å². The number of rotatable bonds is 3. The zero-order valence-corrected chi connectivity index (χ0v) is 10.0. The van der Waals surface area contributed by atoms with Gasteiger partial charge in [-0.2, -0.15) is 0 Å². The van der Waals surface area contributed by atoms with Crippen molar-refractivity contribution in [2.75, 3.05) is 18.9 Å². The van der Waals surface area contributed by atoms with Crippen LogP contribution in [-0.4, -0.2) is 29.9 Å². The lowest BCUT2D eigenvalue weighted by atomic mass is 10.1. The van der Waals surface area contributed by atoms with Crippen molar-refractivity contribution >= 4 is 11.7 Å². The Balaban J connectivity index is 1.94. The molecule has 1 aliphatic heterocycles. The largest absolute Gasteiger partial charge is 0.461 e. The number of aromatic nitrogens is 1. The number of hydrogen-bond acceptors (Lipinski definition) is 5. The molecule has 0 amide bonds. The van der Waals surface area contributed by atoms with E-state index in [1.807, 2.05) is 0 Å². The Morgan fingerprint density at radius 1 is 1.44 bits per heavy atom. The summed E-state index contributed by atoms with van der Waals surface area (Å²) in [7, 11) is 0. The van der Waals surface area contributed by atoms with Crippen molar-refractivity contribution in [2.45, 2.75) is 25.5 Å². The first-order valence-corrected chi connectivity index (χ1v) is 5.88. The summed E-state index contributed by atoms with van der Waals surface area (Å²) >= 11 is 0. The summed E-state index contributed by atoms with van der Waals surface area (Å²) < 4.78 is 11.7. The van der Waals surface area contributed by atoms with Crippen molar-refractivity contribution in [3.8, 4) is 0 Å². The summed E-state index contributed by atoms with van der Waals surface area (Å²) in [6, 6.07) is 2.83. The minimum atomic E-state index is -0.422. The van der Waals surface area contributed by atoms with Crippen LogP contribution in [-0.2, 0) is 20.8 Å². The SMILES string of the molecule is Nc1ccc(=O)n(CC(=O)OC2CCOCC2)c1. The fraction of sp³-hybridized carbons (Fsp3) is 0.500. The standard InChI is InChI=1S/C12H16N2O4/c13-9-1-2-11(15)14(7-9)8-12(16)18-10-3-5-17-6-4-10/h1-2,7,10H,3-6,8,13H2. The van der Waals surface area contributed by atoms with Gasteiger partial charge < -0.3 is 19.8 Å². The molecule has 1 aromatic rings. The Labute approximate surface area is 104 Å². The second-order valence-electron chi connectivity index (χ2n) is 4.23. The first-order valence-electron chi connectivity index (χ1n) is 5.88. The Bertz CT molecular complexity index is 477. The normalized spacial score (nSPS) is 16.4. The molecule has 0 unspecified atom stereocenters. The molecule has 2 rings (SSSR count). The topological polar surface area (TPSA) is 83.6 Å². The van der Waals surface area contributed by atoms with Crippen LogP contribution in [0.3, 0.4) is 0 Å². The second kappa shape index (κ2) is 5.68. The Kier molecular flexibility index (Phi) is 3.99. The molecule has 2 N–H and O–H groups in total. The highest BCUT2D eigenvalue weighted by molar-refractivity contribution is 5.69. The predicted octanol–water partition coefficient (Wildman–Crippen LogP) is 0.153. The van der Waals surface area contributed by atoms with E-state index in [9.17, 15) is 9.59 Å². The molecule has 1 saturated heterocycles. The van der Waals surface area contributed by atoms with Gasteiger partial charge in [-0.15, -0.1) is 0 Å². The van der Waals surface area contributed by atoms with Gasteiger partial charge in [-0.05, 0) is 6.07 Å². The van der Waals surface area contributed by atoms with Crippen LogP contribution in [0.2, 0.25) is 0 Å². The number of nitrogens with two attached hydrogens (primary N) is 1. The lowest BCUT2D eigenvalue weighted by Crippen LogP contribution is -2.30. The molecule has 0 saturated carbocycles. The number of carbonyl (C=O) groups is 1. The van der Waals surface area contributed by atoms with Gasteiger partial charge in [-0.25, -0.2) is 0 Å². The van der Waals surface area contributed by atoms with Gasteiger partial charge in [-0.1, -0.05) is 0 Å². The smallest absolute Gasteiger partial charge is 0.326 e. The molecule has 0 atom stereocenters. The van der Waals surface area contributed by atoms with E-state index in [4.69, 9.17) is 15.2 Å². The van der Waals surface area contributed by atoms with Crippen LogP contribution in [0.4, 0.5) is 5.69 Å². The molecule has 0 bridgehead atoms. The molecular formula is C12H16N2O4. The van der Waals surface area contributed by atoms with Gasteiger partial charge in [0.25, 0.3) is 5.56 Å². The molecule has 1 fully saturated rings. The summed E-state index contributed by atoms with van der Waals surface area (Å²) in [4.78, 5) is 23.2. The molecule has 0 spiro atoms. The molecule has 0 aliphatic carbocycles. The Hall–Kier alpha value is -1.82. The second-order valence-corrected chi connectivity index (χ2v) is 4.23. The number of anilines is 1. The number of ether oxygens (including phenoxy) is 2. The quantitative estimate of drug-likeness (QED) is 0.774. The highest BCUT2D eigenvalue weighted by atomic mass is 16.6. The van der Waals surface area contributed by atoms with Gasteiger partial charge in [0.1, 0.15) is 12.6 Å². The molecular weight excluding hydrogens is 236 g/mol. The van der Waals surface area contributed by atoms with Crippen LogP contribution in [0.1, 0.15) is 12.8 Å². The first-order chi connectivity index (χ1) is 8.65. The average Bonchev–Trinajstić information content (AvgIpc) is 2.35. The third-order valence-corrected chi connectivity index (χ3v) is 2.77. The zero-order valence-electron chi connectivity index (χ0n) is 10.0. The Morgan fingerprint density at radius 3 is 2.89 bits per heavy atom. The van der Waals surface area contributed by atoms with Crippen molar-refractivity contribution in [1.29, 1.82) is 0 Å². The van der Waals surface area contributed by atoms with E-state index in [0.29, 0.717) is 31.7 Å². The summed E-state index contributed by atoms with van der Waals surface area (Å²) in [5.74, 6) is -0.422. The number of pyridine rings is 1. The zero-order chi connectivity index (χ0) is 13.0. The number of nitrogens with zero attached hydrogens (tertiary/aromatic N) is 1. The lowest BCUT2D eigenvalue weighted by molar-refractivity contribution is -0.153. The molecule has 2 heterocycles. The highest BCUT2D eigenvalue weighted by Crippen LogP contribution is 2.11. The molecule has 98 valence electrons. The summed E-state index contributed by atoms with van der Waals surface area (Å²) in [6.45, 7) is 1.10. The molecule has 6 heteroatoms. The molecule has 1 aromatic heterocycles. The Morgan fingerprint density at radius 2 is 2.17 bits per heavy atom. The maximum atomic E-state index is 11.7. The van der Waals surface area contributed by atoms with Gasteiger partial charge >= 0.3 is 5.97 Å². The average molecular weight is 252 g/mol. The van der Waals surface area contributed by atoms with Crippen LogP contribution in [0.25, 0.3) is 0 Å². The van der Waals surface area contributed by atoms with Crippen LogP contribution in [0, 0.1) is 0 Å². The number of carbonyl (C=O) groups excluding carboxylic acids is 1. The van der Waals surface area contributed by atoms with Crippen molar-refractivity contribution in [3.05, 3.63) is 28.7 Å². The van der Waals surface area contributed by atoms with E-state index in [2.05, 4.69) is 0 Å². The fourth-order valence-corrected chi connectivity index (χ4v) is 1.83. The minimum absolute atomic E-state index is 0.108. The van der Waals surface area contributed by atoms with Crippen LogP contribution in [0.5, 0.6) is 0 Å². The predicted molar refractivity (Wildman–Crippen MR) is 65.0 cm³/mol. The van der Waals surface area contributed by atoms with Crippen LogP contribution in [0.15, 0.2) is 23.1 Å². The number of hydrogen-bond donors (Lipinski definition) is 1.